The summed E-state index contributed by atoms with van der Waals surface area (Å²) in [6.45, 7) is 11.8. The molecule has 164 valence electrons. The maximum absolute atomic E-state index is 12.9. The van der Waals surface area contributed by atoms with E-state index in [1.54, 1.807) is 0 Å². The summed E-state index contributed by atoms with van der Waals surface area (Å²) in [6.07, 6.45) is 4.84. The van der Waals surface area contributed by atoms with E-state index in [1.807, 2.05) is 31.2 Å². The molecule has 1 saturated heterocycles. The molecule has 1 heterocycles. The zero-order valence-electron chi connectivity index (χ0n) is 18.4. The Labute approximate surface area is 175 Å². The lowest BCUT2D eigenvalue weighted by Gasteiger charge is -2.29. The van der Waals surface area contributed by atoms with Gasteiger partial charge in [-0.25, -0.2) is 0 Å². The van der Waals surface area contributed by atoms with E-state index in [9.17, 15) is 4.79 Å². The standard InChI is InChI=1S/C23H38N2O4/c1-4-6-7-12-23(3,29-16-5-2)22(26)24-20-8-10-21(11-9-20)28-19-15-25-13-17-27-18-14-25/h8-11H,4-7,12-19H2,1-3H3,(H,24,26)/t23-/m1/s1. The molecule has 1 N–H and O–H groups in total. The smallest absolute Gasteiger partial charge is 0.256 e. The maximum atomic E-state index is 12.9. The average molecular weight is 407 g/mol. The van der Waals surface area contributed by atoms with Crippen LogP contribution in [0.2, 0.25) is 0 Å². The Morgan fingerprint density at radius 2 is 1.83 bits per heavy atom. The molecule has 1 aromatic carbocycles. The van der Waals surface area contributed by atoms with Crippen molar-refractivity contribution in [3.05, 3.63) is 24.3 Å². The highest BCUT2D eigenvalue weighted by atomic mass is 16.5. The first-order valence-corrected chi connectivity index (χ1v) is 11.1. The first kappa shape index (κ1) is 23.6. The largest absolute Gasteiger partial charge is 0.492 e. The fraction of sp³-hybridized carbons (Fsp3) is 0.696. The Balaban J connectivity index is 1.83. The molecule has 0 saturated carbocycles. The van der Waals surface area contributed by atoms with Crippen molar-refractivity contribution in [2.75, 3.05) is 51.4 Å². The highest BCUT2D eigenvalue weighted by molar-refractivity contribution is 5.97. The highest BCUT2D eigenvalue weighted by Gasteiger charge is 2.33. The molecule has 0 radical (unpaired) electrons. The summed E-state index contributed by atoms with van der Waals surface area (Å²) in [5.41, 5.74) is -0.0317. The SMILES string of the molecule is CCCCC[C@@](C)(OCCC)C(=O)Nc1ccc(OCCN2CCOCC2)cc1. The first-order chi connectivity index (χ1) is 14.1. The zero-order valence-corrected chi connectivity index (χ0v) is 18.4. The van der Waals surface area contributed by atoms with Crippen LogP contribution in [0.25, 0.3) is 0 Å². The Morgan fingerprint density at radius 3 is 2.48 bits per heavy atom. The van der Waals surface area contributed by atoms with Crippen molar-refractivity contribution >= 4 is 11.6 Å². The number of rotatable bonds is 13. The second-order valence-electron chi connectivity index (χ2n) is 7.82. The summed E-state index contributed by atoms with van der Waals surface area (Å²) in [7, 11) is 0. The molecule has 0 bridgehead atoms. The van der Waals surface area contributed by atoms with E-state index < -0.39 is 5.60 Å². The van der Waals surface area contributed by atoms with Gasteiger partial charge < -0.3 is 19.5 Å². The molecule has 29 heavy (non-hydrogen) atoms. The van der Waals surface area contributed by atoms with Crippen LogP contribution in [-0.2, 0) is 14.3 Å². The number of amides is 1. The number of unbranched alkanes of at least 4 members (excludes halogenated alkanes) is 2. The molecule has 1 aliphatic rings. The Hall–Kier alpha value is -1.63. The molecule has 1 aliphatic heterocycles. The van der Waals surface area contributed by atoms with Crippen molar-refractivity contribution in [1.82, 2.24) is 4.90 Å². The Kier molecular flexibility index (Phi) is 10.5. The first-order valence-electron chi connectivity index (χ1n) is 11.1. The van der Waals surface area contributed by atoms with E-state index in [-0.39, 0.29) is 5.91 Å². The number of morpholine rings is 1. The lowest BCUT2D eigenvalue weighted by atomic mass is 9.96. The molecule has 1 aromatic rings. The molecule has 1 fully saturated rings. The lowest BCUT2D eigenvalue weighted by Crippen LogP contribution is -2.43. The van der Waals surface area contributed by atoms with Gasteiger partial charge in [0.2, 0.25) is 0 Å². The molecule has 0 spiro atoms. The van der Waals surface area contributed by atoms with Gasteiger partial charge in [-0.1, -0.05) is 33.1 Å². The van der Waals surface area contributed by atoms with Gasteiger partial charge in [0, 0.05) is 31.9 Å². The molecule has 1 amide bonds. The minimum absolute atomic E-state index is 0.0805. The van der Waals surface area contributed by atoms with Gasteiger partial charge in [0.15, 0.2) is 0 Å². The number of carbonyl (C=O) groups is 1. The summed E-state index contributed by atoms with van der Waals surface area (Å²) in [4.78, 5) is 15.2. The van der Waals surface area contributed by atoms with E-state index in [4.69, 9.17) is 14.2 Å². The van der Waals surface area contributed by atoms with E-state index in [0.29, 0.717) is 13.2 Å². The maximum Gasteiger partial charge on any atom is 0.256 e. The number of hydrogen-bond acceptors (Lipinski definition) is 5. The van der Waals surface area contributed by atoms with Crippen LogP contribution >= 0.6 is 0 Å². The molecule has 2 rings (SSSR count). The monoisotopic (exact) mass is 406 g/mol. The summed E-state index contributed by atoms with van der Waals surface area (Å²) in [5.74, 6) is 0.729. The Bertz CT molecular complexity index is 587. The number of nitrogens with one attached hydrogen (secondary N) is 1. The van der Waals surface area contributed by atoms with Crippen molar-refractivity contribution in [3.8, 4) is 5.75 Å². The topological polar surface area (TPSA) is 60.0 Å². The van der Waals surface area contributed by atoms with Crippen LogP contribution in [0.15, 0.2) is 24.3 Å². The fourth-order valence-electron chi connectivity index (χ4n) is 3.31. The summed E-state index contributed by atoms with van der Waals surface area (Å²) < 4.78 is 17.1. The minimum atomic E-state index is -0.793. The molecule has 6 nitrogen and oxygen atoms in total. The molecule has 1 atom stereocenters. The van der Waals surface area contributed by atoms with Gasteiger partial charge in [0.05, 0.1) is 13.2 Å². The van der Waals surface area contributed by atoms with Gasteiger partial charge in [-0.15, -0.1) is 0 Å². The van der Waals surface area contributed by atoms with Crippen LogP contribution in [-0.4, -0.2) is 62.5 Å². The Morgan fingerprint density at radius 1 is 1.10 bits per heavy atom. The van der Waals surface area contributed by atoms with Crippen molar-refractivity contribution in [3.63, 3.8) is 0 Å². The van der Waals surface area contributed by atoms with Gasteiger partial charge in [-0.2, -0.15) is 0 Å². The van der Waals surface area contributed by atoms with E-state index in [0.717, 1.165) is 76.4 Å². The molecular weight excluding hydrogens is 368 g/mol. The van der Waals surface area contributed by atoms with Gasteiger partial charge in [-0.3, -0.25) is 9.69 Å². The highest BCUT2D eigenvalue weighted by Crippen LogP contribution is 2.23. The number of benzene rings is 1. The van der Waals surface area contributed by atoms with Crippen molar-refractivity contribution in [2.45, 2.75) is 58.5 Å². The zero-order chi connectivity index (χ0) is 21.0. The molecule has 0 unspecified atom stereocenters. The van der Waals surface area contributed by atoms with Gasteiger partial charge >= 0.3 is 0 Å². The van der Waals surface area contributed by atoms with Gasteiger partial charge in [-0.05, 0) is 44.0 Å². The van der Waals surface area contributed by atoms with Crippen LogP contribution in [0.5, 0.6) is 5.75 Å². The quantitative estimate of drug-likeness (QED) is 0.500. The summed E-state index contributed by atoms with van der Waals surface area (Å²) in [6, 6.07) is 7.56. The van der Waals surface area contributed by atoms with Crippen molar-refractivity contribution < 1.29 is 19.0 Å². The van der Waals surface area contributed by atoms with Crippen molar-refractivity contribution in [2.24, 2.45) is 0 Å². The molecule has 6 heteroatoms. The number of carbonyl (C=O) groups excluding carboxylic acids is 1. The van der Waals surface area contributed by atoms with Crippen molar-refractivity contribution in [1.29, 1.82) is 0 Å². The third kappa shape index (κ3) is 8.33. The van der Waals surface area contributed by atoms with Crippen LogP contribution in [0.1, 0.15) is 52.9 Å². The second-order valence-corrected chi connectivity index (χ2v) is 7.82. The van der Waals surface area contributed by atoms with Crippen LogP contribution in [0.3, 0.4) is 0 Å². The summed E-state index contributed by atoms with van der Waals surface area (Å²) >= 11 is 0. The van der Waals surface area contributed by atoms with Crippen LogP contribution in [0, 0.1) is 0 Å². The molecular formula is C23H38N2O4. The molecule has 0 aromatic heterocycles. The fourth-order valence-corrected chi connectivity index (χ4v) is 3.31. The van der Waals surface area contributed by atoms with E-state index in [1.165, 1.54) is 0 Å². The van der Waals surface area contributed by atoms with Gasteiger partial charge in [0.1, 0.15) is 18.0 Å². The number of hydrogen-bond donors (Lipinski definition) is 1. The third-order valence-electron chi connectivity index (χ3n) is 5.25. The number of anilines is 1. The lowest BCUT2D eigenvalue weighted by molar-refractivity contribution is -0.140. The number of ether oxygens (including phenoxy) is 3. The van der Waals surface area contributed by atoms with E-state index >= 15 is 0 Å². The second kappa shape index (κ2) is 12.8. The summed E-state index contributed by atoms with van der Waals surface area (Å²) in [5, 5.41) is 3.01. The minimum Gasteiger partial charge on any atom is -0.492 e. The third-order valence-corrected chi connectivity index (χ3v) is 5.25. The van der Waals surface area contributed by atoms with Crippen LogP contribution in [0.4, 0.5) is 5.69 Å². The van der Waals surface area contributed by atoms with E-state index in [2.05, 4.69) is 24.1 Å². The van der Waals surface area contributed by atoms with Crippen LogP contribution < -0.4 is 10.1 Å². The normalized spacial score (nSPS) is 16.9. The molecule has 0 aliphatic carbocycles. The van der Waals surface area contributed by atoms with Gasteiger partial charge in [0.25, 0.3) is 5.91 Å². The number of nitrogens with zero attached hydrogens (tertiary/aromatic N) is 1. The predicted molar refractivity (Wildman–Crippen MR) is 117 cm³/mol. The average Bonchev–Trinajstić information content (AvgIpc) is 2.74. The predicted octanol–water partition coefficient (Wildman–Crippen LogP) is 4.10.